The van der Waals surface area contributed by atoms with E-state index in [0.717, 1.165) is 0 Å². The van der Waals surface area contributed by atoms with Gasteiger partial charge < -0.3 is 15.7 Å². The van der Waals surface area contributed by atoms with Gasteiger partial charge in [-0.2, -0.15) is 0 Å². The molecule has 0 aliphatic rings. The molecule has 0 bridgehead atoms. The number of nitrogens with one attached hydrogen (secondary N) is 2. The number of carboxylic acids is 1. The number of likely N-dealkylation sites (N-methyl/N-ethyl adjacent to an activating group) is 1. The number of carbonyl (C=O) groups is 2. The molecule has 0 heterocycles. The van der Waals surface area contributed by atoms with E-state index in [1.54, 1.807) is 20.9 Å². The van der Waals surface area contributed by atoms with E-state index in [0.29, 0.717) is 5.69 Å². The minimum atomic E-state index is -1.06. The van der Waals surface area contributed by atoms with Gasteiger partial charge in [0.2, 0.25) is 5.91 Å². The molecule has 1 aromatic rings. The Balaban J connectivity index is 2.93. The molecule has 0 atom stereocenters. The van der Waals surface area contributed by atoms with Crippen molar-refractivity contribution in [1.29, 1.82) is 0 Å². The van der Waals surface area contributed by atoms with Gasteiger partial charge >= 0.3 is 5.97 Å². The number of hydrogen-bond donors (Lipinski definition) is 3. The maximum absolute atomic E-state index is 11.9. The first-order valence-electron chi connectivity index (χ1n) is 5.31. The molecule has 1 amide bonds. The van der Waals surface area contributed by atoms with E-state index in [4.69, 9.17) is 16.7 Å². The average molecular weight is 271 g/mol. The van der Waals surface area contributed by atoms with E-state index in [1.807, 2.05) is 0 Å². The summed E-state index contributed by atoms with van der Waals surface area (Å²) < 4.78 is 0. The van der Waals surface area contributed by atoms with Crippen molar-refractivity contribution >= 4 is 29.2 Å². The lowest BCUT2D eigenvalue weighted by Crippen LogP contribution is -2.47. The number of amides is 1. The summed E-state index contributed by atoms with van der Waals surface area (Å²) in [6.45, 7) is 3.45. The molecule has 0 fully saturated rings. The average Bonchev–Trinajstić information content (AvgIpc) is 2.31. The van der Waals surface area contributed by atoms with Gasteiger partial charge in [0.25, 0.3) is 0 Å². The zero-order valence-corrected chi connectivity index (χ0v) is 11.1. The molecule has 0 aromatic heterocycles. The summed E-state index contributed by atoms with van der Waals surface area (Å²) in [5.74, 6) is -1.32. The number of anilines is 1. The first-order chi connectivity index (χ1) is 8.27. The third-order valence-electron chi connectivity index (χ3n) is 2.66. The fourth-order valence-electron chi connectivity index (χ4n) is 1.14. The summed E-state index contributed by atoms with van der Waals surface area (Å²) in [6, 6.07) is 4.15. The van der Waals surface area contributed by atoms with Crippen LogP contribution in [0.15, 0.2) is 18.2 Å². The van der Waals surface area contributed by atoms with E-state index < -0.39 is 11.5 Å². The third-order valence-corrected chi connectivity index (χ3v) is 2.97. The first kappa shape index (κ1) is 14.5. The third kappa shape index (κ3) is 3.21. The molecule has 0 saturated carbocycles. The van der Waals surface area contributed by atoms with Crippen LogP contribution in [0.25, 0.3) is 0 Å². The summed E-state index contributed by atoms with van der Waals surface area (Å²) in [7, 11) is 1.68. The predicted molar refractivity (Wildman–Crippen MR) is 70.2 cm³/mol. The van der Waals surface area contributed by atoms with Crippen molar-refractivity contribution in [3.8, 4) is 0 Å². The number of carbonyl (C=O) groups excluding carboxylic acids is 1. The van der Waals surface area contributed by atoms with Gasteiger partial charge in [0.05, 0.1) is 21.8 Å². The highest BCUT2D eigenvalue weighted by Gasteiger charge is 2.25. The van der Waals surface area contributed by atoms with Crippen molar-refractivity contribution in [3.05, 3.63) is 28.8 Å². The molecule has 1 rings (SSSR count). The van der Waals surface area contributed by atoms with Crippen LogP contribution in [0.1, 0.15) is 24.2 Å². The van der Waals surface area contributed by atoms with Gasteiger partial charge in [-0.25, -0.2) is 4.79 Å². The van der Waals surface area contributed by atoms with Crippen LogP contribution in [-0.4, -0.2) is 29.6 Å². The number of benzene rings is 1. The number of carboxylic acid groups (broad SMARTS) is 1. The van der Waals surface area contributed by atoms with Gasteiger partial charge in [0.1, 0.15) is 0 Å². The molecule has 6 heteroatoms. The molecule has 98 valence electrons. The molecule has 1 aromatic carbocycles. The van der Waals surface area contributed by atoms with Crippen molar-refractivity contribution in [2.75, 3.05) is 12.4 Å². The van der Waals surface area contributed by atoms with Gasteiger partial charge in [0, 0.05) is 0 Å². The van der Waals surface area contributed by atoms with E-state index in [9.17, 15) is 9.59 Å². The quantitative estimate of drug-likeness (QED) is 0.782. The van der Waals surface area contributed by atoms with Gasteiger partial charge in [-0.15, -0.1) is 0 Å². The highest BCUT2D eigenvalue weighted by molar-refractivity contribution is 6.34. The molecule has 3 N–H and O–H groups in total. The second kappa shape index (κ2) is 5.37. The van der Waals surface area contributed by atoms with Crippen LogP contribution >= 0.6 is 11.6 Å². The highest BCUT2D eigenvalue weighted by Crippen LogP contribution is 2.24. The Morgan fingerprint density at radius 3 is 2.39 bits per heavy atom. The Morgan fingerprint density at radius 1 is 1.33 bits per heavy atom. The summed E-state index contributed by atoms with van der Waals surface area (Å²) in [5.41, 5.74) is -0.282. The number of rotatable bonds is 4. The number of hydrogen-bond acceptors (Lipinski definition) is 3. The largest absolute Gasteiger partial charge is 0.478 e. The highest BCUT2D eigenvalue weighted by atomic mass is 35.5. The van der Waals surface area contributed by atoms with Crippen molar-refractivity contribution in [2.45, 2.75) is 19.4 Å². The van der Waals surface area contributed by atoms with Crippen LogP contribution in [0.4, 0.5) is 5.69 Å². The van der Waals surface area contributed by atoms with Gasteiger partial charge in [0.15, 0.2) is 0 Å². The molecule has 0 unspecified atom stereocenters. The molecule has 0 aliphatic heterocycles. The van der Waals surface area contributed by atoms with Crippen molar-refractivity contribution in [3.63, 3.8) is 0 Å². The van der Waals surface area contributed by atoms with Crippen LogP contribution in [-0.2, 0) is 4.79 Å². The lowest BCUT2D eigenvalue weighted by Gasteiger charge is -2.23. The topological polar surface area (TPSA) is 78.4 Å². The lowest BCUT2D eigenvalue weighted by atomic mass is 10.0. The van der Waals surface area contributed by atoms with E-state index in [2.05, 4.69) is 10.6 Å². The van der Waals surface area contributed by atoms with Crippen LogP contribution in [0.3, 0.4) is 0 Å². The first-order valence-corrected chi connectivity index (χ1v) is 5.69. The molecule has 5 nitrogen and oxygen atoms in total. The molecular formula is C12H15ClN2O3. The lowest BCUT2D eigenvalue weighted by molar-refractivity contribution is -0.121. The summed E-state index contributed by atoms with van der Waals surface area (Å²) in [6.07, 6.45) is 0. The zero-order chi connectivity index (χ0) is 13.9. The normalized spacial score (nSPS) is 11.1. The van der Waals surface area contributed by atoms with Gasteiger partial charge in [-0.1, -0.05) is 11.6 Å². The Hall–Kier alpha value is -1.59. The smallest absolute Gasteiger partial charge is 0.335 e. The number of halogens is 1. The molecule has 18 heavy (non-hydrogen) atoms. The maximum Gasteiger partial charge on any atom is 0.335 e. The standard InChI is InChI=1S/C12H15ClN2O3/c1-12(2,14-3)11(18)15-9-5-4-7(10(16)17)6-8(9)13/h4-6,14H,1-3H3,(H,15,18)(H,16,17). The Labute approximate surface area is 110 Å². The van der Waals surface area contributed by atoms with Crippen LogP contribution in [0.5, 0.6) is 0 Å². The van der Waals surface area contributed by atoms with E-state index in [1.165, 1.54) is 18.2 Å². The van der Waals surface area contributed by atoms with Crippen molar-refractivity contribution in [1.82, 2.24) is 5.32 Å². The van der Waals surface area contributed by atoms with Crippen LogP contribution in [0.2, 0.25) is 5.02 Å². The minimum Gasteiger partial charge on any atom is -0.478 e. The summed E-state index contributed by atoms with van der Waals surface area (Å²) in [4.78, 5) is 22.6. The second-order valence-corrected chi connectivity index (χ2v) is 4.74. The fraction of sp³-hybridized carbons (Fsp3) is 0.333. The van der Waals surface area contributed by atoms with E-state index >= 15 is 0 Å². The Bertz CT molecular complexity index is 486. The Kier molecular flexibility index (Phi) is 4.32. The number of aromatic carboxylic acids is 1. The SMILES string of the molecule is CNC(C)(C)C(=O)Nc1ccc(C(=O)O)cc1Cl. The van der Waals surface area contributed by atoms with Crippen LogP contribution in [0, 0.1) is 0 Å². The molecular weight excluding hydrogens is 256 g/mol. The van der Waals surface area contributed by atoms with Crippen molar-refractivity contribution < 1.29 is 14.7 Å². The zero-order valence-electron chi connectivity index (χ0n) is 10.4. The molecule has 0 aliphatic carbocycles. The van der Waals surface area contributed by atoms with Gasteiger partial charge in [-0.05, 0) is 39.1 Å². The fourth-order valence-corrected chi connectivity index (χ4v) is 1.37. The maximum atomic E-state index is 11.9. The summed E-state index contributed by atoms with van der Waals surface area (Å²) in [5, 5.41) is 14.5. The molecule has 0 saturated heterocycles. The van der Waals surface area contributed by atoms with Crippen LogP contribution < -0.4 is 10.6 Å². The Morgan fingerprint density at radius 2 is 1.94 bits per heavy atom. The summed E-state index contributed by atoms with van der Waals surface area (Å²) >= 11 is 5.91. The van der Waals surface area contributed by atoms with Gasteiger partial charge in [-0.3, -0.25) is 4.79 Å². The molecule has 0 radical (unpaired) electrons. The van der Waals surface area contributed by atoms with Crippen molar-refractivity contribution in [2.24, 2.45) is 0 Å². The predicted octanol–water partition coefficient (Wildman–Crippen LogP) is 1.97. The van der Waals surface area contributed by atoms with E-state index in [-0.39, 0.29) is 16.5 Å². The molecule has 0 spiro atoms. The minimum absolute atomic E-state index is 0.0749. The monoisotopic (exact) mass is 270 g/mol. The second-order valence-electron chi connectivity index (χ2n) is 4.33.